The molecule has 0 bridgehead atoms. The third kappa shape index (κ3) is 3.59. The molecule has 108 valence electrons. The molecule has 1 aliphatic heterocycles. The van der Waals surface area contributed by atoms with Gasteiger partial charge in [0.25, 0.3) is 0 Å². The van der Waals surface area contributed by atoms with Gasteiger partial charge in [0.15, 0.2) is 0 Å². The van der Waals surface area contributed by atoms with Crippen LogP contribution in [-0.2, 0) is 6.54 Å². The van der Waals surface area contributed by atoms with Crippen LogP contribution >= 0.6 is 0 Å². The van der Waals surface area contributed by atoms with Gasteiger partial charge in [-0.15, -0.1) is 6.58 Å². The first kappa shape index (κ1) is 15.0. The van der Waals surface area contributed by atoms with Crippen molar-refractivity contribution in [2.75, 3.05) is 19.7 Å². The number of piperidine rings is 1. The summed E-state index contributed by atoms with van der Waals surface area (Å²) in [5.74, 6) is 0. The van der Waals surface area contributed by atoms with Gasteiger partial charge in [0, 0.05) is 18.5 Å². The highest BCUT2D eigenvalue weighted by atomic mass is 16.3. The van der Waals surface area contributed by atoms with Crippen LogP contribution in [0.25, 0.3) is 6.08 Å². The zero-order valence-electron chi connectivity index (χ0n) is 12.2. The molecule has 0 aliphatic carbocycles. The van der Waals surface area contributed by atoms with Gasteiger partial charge in [0.2, 0.25) is 0 Å². The first-order valence-corrected chi connectivity index (χ1v) is 7.37. The van der Waals surface area contributed by atoms with Gasteiger partial charge >= 0.3 is 0 Å². The zero-order valence-corrected chi connectivity index (χ0v) is 12.2. The minimum atomic E-state index is 0.00997. The van der Waals surface area contributed by atoms with E-state index in [4.69, 9.17) is 0 Å². The normalized spacial score (nSPS) is 23.4. The Morgan fingerprint density at radius 2 is 2.20 bits per heavy atom. The number of likely N-dealkylation sites (tertiary alicyclic amines) is 1. The van der Waals surface area contributed by atoms with Gasteiger partial charge in [-0.05, 0) is 36.9 Å². The second kappa shape index (κ2) is 6.87. The summed E-state index contributed by atoms with van der Waals surface area (Å²) in [6.07, 6.45) is 6.97. The van der Waals surface area contributed by atoms with Crippen LogP contribution < -0.4 is 0 Å². The predicted molar refractivity (Wildman–Crippen MR) is 85.4 cm³/mol. The number of hydrogen-bond acceptors (Lipinski definition) is 2. The van der Waals surface area contributed by atoms with E-state index in [1.54, 1.807) is 0 Å². The molecule has 0 saturated carbocycles. The van der Waals surface area contributed by atoms with Crippen molar-refractivity contribution in [3.8, 4) is 0 Å². The van der Waals surface area contributed by atoms with E-state index in [2.05, 4.69) is 42.3 Å². The lowest BCUT2D eigenvalue weighted by atomic mass is 9.77. The van der Waals surface area contributed by atoms with Crippen molar-refractivity contribution in [3.05, 3.63) is 54.6 Å². The Hall–Kier alpha value is -1.38. The molecule has 2 nitrogen and oxygen atoms in total. The van der Waals surface area contributed by atoms with E-state index in [1.807, 2.05) is 12.2 Å². The number of nitrogens with zero attached hydrogens (tertiary/aromatic N) is 1. The Morgan fingerprint density at radius 3 is 2.90 bits per heavy atom. The number of allylic oxidation sites excluding steroid dienone is 1. The molecule has 1 aliphatic rings. The summed E-state index contributed by atoms with van der Waals surface area (Å²) in [4.78, 5) is 2.45. The van der Waals surface area contributed by atoms with Crippen LogP contribution in [0.5, 0.6) is 0 Å². The van der Waals surface area contributed by atoms with Crippen LogP contribution in [0.1, 0.15) is 30.4 Å². The highest BCUT2D eigenvalue weighted by Gasteiger charge is 2.33. The second-order valence-electron chi connectivity index (χ2n) is 5.91. The van der Waals surface area contributed by atoms with Crippen LogP contribution in [0.4, 0.5) is 0 Å². The Kier molecular flexibility index (Phi) is 5.16. The van der Waals surface area contributed by atoms with Crippen LogP contribution in [0.2, 0.25) is 0 Å². The number of rotatable bonds is 6. The molecular weight excluding hydrogens is 246 g/mol. The maximum absolute atomic E-state index is 9.75. The lowest BCUT2D eigenvalue weighted by Gasteiger charge is -2.41. The SMILES string of the molecule is C=CCC1(CO)CCCN(Cc2cccc(C=C)c2)C1. The summed E-state index contributed by atoms with van der Waals surface area (Å²) < 4.78 is 0. The van der Waals surface area contributed by atoms with Crippen molar-refractivity contribution in [1.82, 2.24) is 4.90 Å². The molecule has 1 unspecified atom stereocenters. The largest absolute Gasteiger partial charge is 0.396 e. The minimum Gasteiger partial charge on any atom is -0.396 e. The van der Waals surface area contributed by atoms with Gasteiger partial charge in [-0.3, -0.25) is 4.90 Å². The number of aliphatic hydroxyl groups is 1. The molecule has 0 aromatic heterocycles. The summed E-state index contributed by atoms with van der Waals surface area (Å²) in [6, 6.07) is 8.51. The van der Waals surface area contributed by atoms with Crippen LogP contribution in [0, 0.1) is 5.41 Å². The molecular formula is C18H25NO. The van der Waals surface area contributed by atoms with Crippen molar-refractivity contribution in [3.63, 3.8) is 0 Å². The van der Waals surface area contributed by atoms with E-state index in [9.17, 15) is 5.11 Å². The van der Waals surface area contributed by atoms with Crippen molar-refractivity contribution in [2.45, 2.75) is 25.8 Å². The minimum absolute atomic E-state index is 0.00997. The van der Waals surface area contributed by atoms with Gasteiger partial charge in [-0.1, -0.05) is 43.0 Å². The maximum atomic E-state index is 9.75. The summed E-state index contributed by atoms with van der Waals surface area (Å²) in [7, 11) is 0. The summed E-state index contributed by atoms with van der Waals surface area (Å²) in [5.41, 5.74) is 2.49. The zero-order chi connectivity index (χ0) is 14.4. The molecule has 1 atom stereocenters. The predicted octanol–water partition coefficient (Wildman–Crippen LogP) is 3.48. The molecule has 20 heavy (non-hydrogen) atoms. The smallest absolute Gasteiger partial charge is 0.0502 e. The standard InChI is InChI=1S/C18H25NO/c1-3-9-18(15-20)10-6-11-19(14-18)13-17-8-5-7-16(4-2)12-17/h3-5,7-8,12,20H,1-2,6,9-11,13-15H2. The van der Waals surface area contributed by atoms with Crippen molar-refractivity contribution >= 4 is 6.08 Å². The van der Waals surface area contributed by atoms with Gasteiger partial charge in [-0.25, -0.2) is 0 Å². The van der Waals surface area contributed by atoms with Crippen molar-refractivity contribution < 1.29 is 5.11 Å². The first-order chi connectivity index (χ1) is 9.71. The third-order valence-electron chi connectivity index (χ3n) is 4.25. The fraction of sp³-hybridized carbons (Fsp3) is 0.444. The molecule has 0 radical (unpaired) electrons. The Labute approximate surface area is 122 Å². The van der Waals surface area contributed by atoms with Crippen LogP contribution in [0.3, 0.4) is 0 Å². The molecule has 1 aromatic rings. The molecule has 1 heterocycles. The Bertz CT molecular complexity index is 468. The van der Waals surface area contributed by atoms with Gasteiger partial charge < -0.3 is 5.11 Å². The highest BCUT2D eigenvalue weighted by molar-refractivity contribution is 5.47. The van der Waals surface area contributed by atoms with Crippen molar-refractivity contribution in [1.29, 1.82) is 0 Å². The Balaban J connectivity index is 2.05. The van der Waals surface area contributed by atoms with Gasteiger partial charge in [-0.2, -0.15) is 0 Å². The van der Waals surface area contributed by atoms with E-state index in [0.29, 0.717) is 0 Å². The monoisotopic (exact) mass is 271 g/mol. The van der Waals surface area contributed by atoms with E-state index < -0.39 is 0 Å². The fourth-order valence-corrected chi connectivity index (χ4v) is 3.19. The number of aliphatic hydroxyl groups excluding tert-OH is 1. The molecule has 0 spiro atoms. The molecule has 1 N–H and O–H groups in total. The summed E-state index contributed by atoms with van der Waals surface area (Å²) >= 11 is 0. The van der Waals surface area contributed by atoms with Crippen LogP contribution in [0.15, 0.2) is 43.5 Å². The molecule has 1 fully saturated rings. The topological polar surface area (TPSA) is 23.5 Å². The average molecular weight is 271 g/mol. The number of benzene rings is 1. The maximum Gasteiger partial charge on any atom is 0.0502 e. The van der Waals surface area contributed by atoms with E-state index in [-0.39, 0.29) is 12.0 Å². The summed E-state index contributed by atoms with van der Waals surface area (Å²) in [6.45, 7) is 10.9. The fourth-order valence-electron chi connectivity index (χ4n) is 3.19. The average Bonchev–Trinajstić information content (AvgIpc) is 2.48. The van der Waals surface area contributed by atoms with Gasteiger partial charge in [0.1, 0.15) is 0 Å². The number of hydrogen-bond donors (Lipinski definition) is 1. The lowest BCUT2D eigenvalue weighted by molar-refractivity contribution is 0.0309. The highest BCUT2D eigenvalue weighted by Crippen LogP contribution is 2.34. The van der Waals surface area contributed by atoms with E-state index in [1.165, 1.54) is 11.1 Å². The van der Waals surface area contributed by atoms with Crippen LogP contribution in [-0.4, -0.2) is 29.7 Å². The quantitative estimate of drug-likeness (QED) is 0.801. The Morgan fingerprint density at radius 1 is 1.35 bits per heavy atom. The lowest BCUT2D eigenvalue weighted by Crippen LogP contribution is -2.44. The molecule has 1 aromatic carbocycles. The summed E-state index contributed by atoms with van der Waals surface area (Å²) in [5, 5.41) is 9.75. The molecule has 2 rings (SSSR count). The molecule has 1 saturated heterocycles. The van der Waals surface area contributed by atoms with Gasteiger partial charge in [0.05, 0.1) is 6.61 Å². The van der Waals surface area contributed by atoms with Crippen molar-refractivity contribution in [2.24, 2.45) is 5.41 Å². The molecule has 0 amide bonds. The van der Waals surface area contributed by atoms with E-state index >= 15 is 0 Å². The third-order valence-corrected chi connectivity index (χ3v) is 4.25. The van der Waals surface area contributed by atoms with E-state index in [0.717, 1.165) is 38.9 Å². The molecule has 2 heteroatoms. The first-order valence-electron chi connectivity index (χ1n) is 7.37. The second-order valence-corrected chi connectivity index (χ2v) is 5.91.